The Balaban J connectivity index is 1.96. The average Bonchev–Trinajstić information content (AvgIpc) is 2.82. The zero-order chi connectivity index (χ0) is 13.0. The summed E-state index contributed by atoms with van der Waals surface area (Å²) in [6, 6.07) is 6.49. The molecule has 1 aliphatic rings. The maximum absolute atomic E-state index is 6.26. The largest absolute Gasteiger partial charge is 0.496 e. The second-order valence-electron chi connectivity index (χ2n) is 5.29. The first kappa shape index (κ1) is 13.4. The zero-order valence-corrected chi connectivity index (χ0v) is 11.5. The first-order valence-electron chi connectivity index (χ1n) is 6.80. The summed E-state index contributed by atoms with van der Waals surface area (Å²) in [5, 5.41) is 0. The number of nitrogens with two attached hydrogens (primary N) is 1. The van der Waals surface area contributed by atoms with Crippen molar-refractivity contribution in [1.29, 1.82) is 0 Å². The van der Waals surface area contributed by atoms with E-state index in [1.807, 2.05) is 6.07 Å². The molecule has 1 unspecified atom stereocenters. The Labute approximate surface area is 110 Å². The quantitative estimate of drug-likeness (QED) is 0.866. The Bertz CT molecular complexity index is 386. The minimum absolute atomic E-state index is 0.193. The van der Waals surface area contributed by atoms with Crippen LogP contribution >= 0.6 is 0 Å². The summed E-state index contributed by atoms with van der Waals surface area (Å²) < 4.78 is 5.40. The van der Waals surface area contributed by atoms with E-state index in [4.69, 9.17) is 10.5 Å². The van der Waals surface area contributed by atoms with E-state index >= 15 is 0 Å². The average molecular weight is 248 g/mol. The molecule has 2 rings (SSSR count). The van der Waals surface area contributed by atoms with Gasteiger partial charge >= 0.3 is 0 Å². The fraction of sp³-hybridized carbons (Fsp3) is 0.600. The van der Waals surface area contributed by atoms with Crippen molar-refractivity contribution in [3.05, 3.63) is 29.3 Å². The molecule has 1 atom stereocenters. The molecule has 0 spiro atoms. The summed E-state index contributed by atoms with van der Waals surface area (Å²) in [6.07, 6.45) is 3.53. The van der Waals surface area contributed by atoms with E-state index in [9.17, 15) is 0 Å². The van der Waals surface area contributed by atoms with Gasteiger partial charge in [-0.2, -0.15) is 0 Å². The summed E-state index contributed by atoms with van der Waals surface area (Å²) in [4.78, 5) is 2.47. The number of nitrogens with zero attached hydrogens (tertiary/aromatic N) is 1. The highest BCUT2D eigenvalue weighted by molar-refractivity contribution is 5.37. The van der Waals surface area contributed by atoms with Crippen LogP contribution in [0.5, 0.6) is 5.75 Å². The van der Waals surface area contributed by atoms with Crippen molar-refractivity contribution in [2.24, 2.45) is 5.73 Å². The van der Waals surface area contributed by atoms with Crippen molar-refractivity contribution in [2.75, 3.05) is 26.7 Å². The van der Waals surface area contributed by atoms with Crippen LogP contribution in [0.2, 0.25) is 0 Å². The van der Waals surface area contributed by atoms with E-state index in [0.29, 0.717) is 0 Å². The van der Waals surface area contributed by atoms with Crippen molar-refractivity contribution in [3.63, 3.8) is 0 Å². The second-order valence-corrected chi connectivity index (χ2v) is 5.29. The van der Waals surface area contributed by atoms with Crippen LogP contribution in [0.3, 0.4) is 0 Å². The lowest BCUT2D eigenvalue weighted by atomic mass is 10.0. The molecule has 2 N–H and O–H groups in total. The molecule has 18 heavy (non-hydrogen) atoms. The number of aryl methyl sites for hydroxylation is 1. The molecule has 1 aromatic carbocycles. The van der Waals surface area contributed by atoms with Gasteiger partial charge in [-0.15, -0.1) is 0 Å². The Kier molecular flexibility index (Phi) is 4.61. The van der Waals surface area contributed by atoms with Crippen LogP contribution in [0, 0.1) is 6.92 Å². The predicted molar refractivity (Wildman–Crippen MR) is 75.1 cm³/mol. The summed E-state index contributed by atoms with van der Waals surface area (Å²) in [5.74, 6) is 0.956. The molecule has 0 saturated carbocycles. The highest BCUT2D eigenvalue weighted by atomic mass is 16.5. The van der Waals surface area contributed by atoms with Gasteiger partial charge in [-0.25, -0.2) is 0 Å². The molecule has 0 aromatic heterocycles. The number of rotatable bonds is 5. The molecule has 0 radical (unpaired) electrons. The zero-order valence-electron chi connectivity index (χ0n) is 11.5. The molecule has 3 heteroatoms. The molecule has 1 saturated heterocycles. The van der Waals surface area contributed by atoms with Gasteiger partial charge in [0, 0.05) is 12.6 Å². The Morgan fingerprint density at radius 3 is 2.72 bits per heavy atom. The van der Waals surface area contributed by atoms with Gasteiger partial charge in [0.1, 0.15) is 5.75 Å². The van der Waals surface area contributed by atoms with Crippen LogP contribution in [0.1, 0.15) is 24.0 Å². The molecule has 1 aromatic rings. The predicted octanol–water partition coefficient (Wildman–Crippen LogP) is 1.97. The molecule has 3 nitrogen and oxygen atoms in total. The maximum atomic E-state index is 6.26. The van der Waals surface area contributed by atoms with Crippen LogP contribution in [-0.4, -0.2) is 37.7 Å². The highest BCUT2D eigenvalue weighted by Gasteiger charge is 2.16. The van der Waals surface area contributed by atoms with E-state index in [1.165, 1.54) is 37.1 Å². The van der Waals surface area contributed by atoms with Gasteiger partial charge in [-0.05, 0) is 50.9 Å². The van der Waals surface area contributed by atoms with E-state index in [0.717, 1.165) is 18.7 Å². The number of hydrogen-bond donors (Lipinski definition) is 1. The van der Waals surface area contributed by atoms with Crippen LogP contribution in [-0.2, 0) is 6.42 Å². The minimum Gasteiger partial charge on any atom is -0.496 e. The summed E-state index contributed by atoms with van der Waals surface area (Å²) in [5.41, 5.74) is 8.75. The van der Waals surface area contributed by atoms with Gasteiger partial charge < -0.3 is 15.4 Å². The molecular formula is C15H24N2O. The molecule has 1 heterocycles. The summed E-state index contributed by atoms with van der Waals surface area (Å²) in [7, 11) is 1.72. The van der Waals surface area contributed by atoms with Crippen LogP contribution < -0.4 is 10.5 Å². The van der Waals surface area contributed by atoms with Crippen molar-refractivity contribution in [3.8, 4) is 5.75 Å². The molecule has 0 bridgehead atoms. The van der Waals surface area contributed by atoms with E-state index in [-0.39, 0.29) is 6.04 Å². The van der Waals surface area contributed by atoms with Crippen LogP contribution in [0.15, 0.2) is 18.2 Å². The number of hydrogen-bond acceptors (Lipinski definition) is 3. The van der Waals surface area contributed by atoms with Crippen molar-refractivity contribution in [2.45, 2.75) is 32.2 Å². The third-order valence-corrected chi connectivity index (χ3v) is 3.61. The fourth-order valence-electron chi connectivity index (χ4n) is 2.71. The first-order valence-corrected chi connectivity index (χ1v) is 6.80. The van der Waals surface area contributed by atoms with Gasteiger partial charge in [0.2, 0.25) is 0 Å². The first-order chi connectivity index (χ1) is 8.69. The fourth-order valence-corrected chi connectivity index (χ4v) is 2.71. The van der Waals surface area contributed by atoms with Gasteiger partial charge in [0.15, 0.2) is 0 Å². The lowest BCUT2D eigenvalue weighted by molar-refractivity contribution is 0.311. The van der Waals surface area contributed by atoms with E-state index in [1.54, 1.807) is 7.11 Å². The van der Waals surface area contributed by atoms with Gasteiger partial charge in [-0.3, -0.25) is 0 Å². The van der Waals surface area contributed by atoms with E-state index < -0.39 is 0 Å². The third-order valence-electron chi connectivity index (χ3n) is 3.61. The van der Waals surface area contributed by atoms with Crippen LogP contribution in [0.25, 0.3) is 0 Å². The van der Waals surface area contributed by atoms with Crippen molar-refractivity contribution in [1.82, 2.24) is 4.90 Å². The summed E-state index contributed by atoms with van der Waals surface area (Å²) >= 11 is 0. The SMILES string of the molecule is COc1ccc(C)cc1CC(N)CN1CCCC1. The van der Waals surface area contributed by atoms with Gasteiger partial charge in [0.05, 0.1) is 7.11 Å². The maximum Gasteiger partial charge on any atom is 0.122 e. The molecule has 0 aliphatic carbocycles. The lowest BCUT2D eigenvalue weighted by Gasteiger charge is -2.21. The Hall–Kier alpha value is -1.06. The Morgan fingerprint density at radius 2 is 2.06 bits per heavy atom. The molecular weight excluding hydrogens is 224 g/mol. The molecule has 1 aliphatic heterocycles. The summed E-state index contributed by atoms with van der Waals surface area (Å²) in [6.45, 7) is 5.52. The number of ether oxygens (including phenoxy) is 1. The standard InChI is InChI=1S/C15H24N2O/c1-12-5-6-15(18-2)13(9-12)10-14(16)11-17-7-3-4-8-17/h5-6,9,14H,3-4,7-8,10-11,16H2,1-2H3. The minimum atomic E-state index is 0.193. The second kappa shape index (κ2) is 6.21. The third kappa shape index (κ3) is 3.47. The molecule has 1 fully saturated rings. The number of methoxy groups -OCH3 is 1. The Morgan fingerprint density at radius 1 is 1.33 bits per heavy atom. The van der Waals surface area contributed by atoms with Crippen molar-refractivity contribution >= 4 is 0 Å². The topological polar surface area (TPSA) is 38.5 Å². The van der Waals surface area contributed by atoms with E-state index in [2.05, 4.69) is 24.0 Å². The lowest BCUT2D eigenvalue weighted by Crippen LogP contribution is -2.37. The van der Waals surface area contributed by atoms with Crippen molar-refractivity contribution < 1.29 is 4.74 Å². The smallest absolute Gasteiger partial charge is 0.122 e. The monoisotopic (exact) mass is 248 g/mol. The van der Waals surface area contributed by atoms with Gasteiger partial charge in [-0.1, -0.05) is 17.7 Å². The molecule has 100 valence electrons. The normalized spacial score (nSPS) is 17.9. The number of benzene rings is 1. The van der Waals surface area contributed by atoms with Gasteiger partial charge in [0.25, 0.3) is 0 Å². The highest BCUT2D eigenvalue weighted by Crippen LogP contribution is 2.21. The van der Waals surface area contributed by atoms with Crippen LogP contribution in [0.4, 0.5) is 0 Å². The molecule has 0 amide bonds. The number of likely N-dealkylation sites (tertiary alicyclic amines) is 1.